The summed E-state index contributed by atoms with van der Waals surface area (Å²) in [5.41, 5.74) is 1.43. The van der Waals surface area contributed by atoms with Gasteiger partial charge in [0.2, 0.25) is 0 Å². The van der Waals surface area contributed by atoms with Gasteiger partial charge in [0.05, 0.1) is 0 Å². The Balaban J connectivity index is 1.57. The molecule has 0 unspecified atom stereocenters. The van der Waals surface area contributed by atoms with E-state index in [2.05, 4.69) is 22.4 Å². The van der Waals surface area contributed by atoms with Crippen molar-refractivity contribution in [3.8, 4) is 11.5 Å². The summed E-state index contributed by atoms with van der Waals surface area (Å²) in [7, 11) is 0. The van der Waals surface area contributed by atoms with Crippen LogP contribution in [-0.2, 0) is 24.3 Å². The van der Waals surface area contributed by atoms with Crippen LogP contribution >= 0.6 is 0 Å². The van der Waals surface area contributed by atoms with Gasteiger partial charge >= 0.3 is 11.7 Å². The summed E-state index contributed by atoms with van der Waals surface area (Å²) < 4.78 is 2.87. The average molecular weight is 393 g/mol. The number of imidazole rings is 1. The summed E-state index contributed by atoms with van der Waals surface area (Å²) in [5, 5.41) is 12.8. The molecule has 1 fully saturated rings. The highest BCUT2D eigenvalue weighted by atomic mass is 16.4. The molecule has 0 saturated heterocycles. The molecule has 3 aliphatic heterocycles. The lowest BCUT2D eigenvalue weighted by Gasteiger charge is -2.12. The molecule has 0 aromatic heterocycles. The van der Waals surface area contributed by atoms with Crippen LogP contribution in [0.5, 0.6) is 0 Å². The Morgan fingerprint density at radius 3 is 2.66 bits per heavy atom. The first-order valence-corrected chi connectivity index (χ1v) is 10.1. The summed E-state index contributed by atoms with van der Waals surface area (Å²) in [6, 6.07) is 10.1. The number of benzene rings is 1. The number of anilines is 1. The summed E-state index contributed by atoms with van der Waals surface area (Å²) in [6.07, 6.45) is 5.16. The van der Waals surface area contributed by atoms with Gasteiger partial charge in [0.1, 0.15) is 23.9 Å². The zero-order valence-corrected chi connectivity index (χ0v) is 16.0. The number of aliphatic carboxylic acids is 1. The van der Waals surface area contributed by atoms with Gasteiger partial charge in [0.15, 0.2) is 5.82 Å². The van der Waals surface area contributed by atoms with Crippen LogP contribution in [-0.4, -0.2) is 36.2 Å². The van der Waals surface area contributed by atoms with E-state index in [0.717, 1.165) is 37.9 Å². The summed E-state index contributed by atoms with van der Waals surface area (Å²) in [6.45, 7) is 0.0615. The van der Waals surface area contributed by atoms with E-state index >= 15 is 0 Å². The SMILES string of the molecule is O=C(O)Cn1c2nc(C3CCCC3)nc-2c2n(c1=O)C[C@@H](Cc1ccccc1)N2. The molecular formula is C21H23N5O3. The van der Waals surface area contributed by atoms with E-state index in [1.807, 2.05) is 18.2 Å². The molecule has 29 heavy (non-hydrogen) atoms. The van der Waals surface area contributed by atoms with Crippen molar-refractivity contribution >= 4 is 11.8 Å². The van der Waals surface area contributed by atoms with Gasteiger partial charge in [-0.05, 0) is 24.8 Å². The smallest absolute Gasteiger partial charge is 0.332 e. The van der Waals surface area contributed by atoms with Crippen LogP contribution in [0.4, 0.5) is 5.82 Å². The second-order valence-electron chi connectivity index (χ2n) is 7.99. The number of hydrogen-bond acceptors (Lipinski definition) is 5. The highest BCUT2D eigenvalue weighted by Gasteiger charge is 2.33. The van der Waals surface area contributed by atoms with Crippen LogP contribution in [0.3, 0.4) is 0 Å². The largest absolute Gasteiger partial charge is 0.480 e. The van der Waals surface area contributed by atoms with Crippen molar-refractivity contribution < 1.29 is 9.90 Å². The molecule has 1 aliphatic carbocycles. The van der Waals surface area contributed by atoms with Gasteiger partial charge in [0.25, 0.3) is 0 Å². The van der Waals surface area contributed by atoms with Crippen LogP contribution < -0.4 is 11.0 Å². The van der Waals surface area contributed by atoms with Crippen molar-refractivity contribution in [2.45, 2.75) is 57.2 Å². The summed E-state index contributed by atoms with van der Waals surface area (Å²) >= 11 is 0. The normalized spacial score (nSPS) is 18.8. The zero-order chi connectivity index (χ0) is 20.0. The molecule has 5 rings (SSSR count). The van der Waals surface area contributed by atoms with Crippen LogP contribution in [0, 0.1) is 0 Å². The Morgan fingerprint density at radius 2 is 1.93 bits per heavy atom. The third kappa shape index (κ3) is 3.18. The summed E-state index contributed by atoms with van der Waals surface area (Å²) in [4.78, 5) is 33.9. The first-order valence-electron chi connectivity index (χ1n) is 10.1. The number of carboxylic acids is 1. The lowest BCUT2D eigenvalue weighted by Crippen LogP contribution is -2.34. The van der Waals surface area contributed by atoms with E-state index in [1.54, 1.807) is 4.57 Å². The van der Waals surface area contributed by atoms with Crippen LogP contribution in [0.15, 0.2) is 35.1 Å². The monoisotopic (exact) mass is 393 g/mol. The number of rotatable bonds is 5. The molecule has 0 spiro atoms. The topological polar surface area (TPSA) is 102 Å². The summed E-state index contributed by atoms with van der Waals surface area (Å²) in [5.74, 6) is 0.991. The van der Waals surface area contributed by atoms with Gasteiger partial charge in [-0.25, -0.2) is 14.8 Å². The van der Waals surface area contributed by atoms with Gasteiger partial charge in [-0.15, -0.1) is 0 Å². The van der Waals surface area contributed by atoms with Gasteiger partial charge in [-0.3, -0.25) is 13.9 Å². The van der Waals surface area contributed by atoms with E-state index < -0.39 is 12.5 Å². The fourth-order valence-corrected chi connectivity index (χ4v) is 4.59. The van der Waals surface area contributed by atoms with E-state index in [0.29, 0.717) is 23.9 Å². The molecule has 4 aliphatic rings. The van der Waals surface area contributed by atoms with Crippen LogP contribution in [0.2, 0.25) is 0 Å². The lowest BCUT2D eigenvalue weighted by molar-refractivity contribution is -0.137. The third-order valence-electron chi connectivity index (χ3n) is 5.95. The fraction of sp³-hybridized carbons (Fsp3) is 0.429. The highest BCUT2D eigenvalue weighted by molar-refractivity contribution is 5.72. The van der Waals surface area contributed by atoms with Crippen molar-refractivity contribution in [1.82, 2.24) is 19.1 Å². The van der Waals surface area contributed by atoms with Gasteiger partial charge in [-0.2, -0.15) is 0 Å². The van der Waals surface area contributed by atoms with Crippen LogP contribution in [0.1, 0.15) is 43.0 Å². The molecule has 8 nitrogen and oxygen atoms in total. The van der Waals surface area contributed by atoms with Gasteiger partial charge in [-0.1, -0.05) is 43.2 Å². The molecule has 8 heteroatoms. The molecule has 1 atom stereocenters. The zero-order valence-electron chi connectivity index (χ0n) is 16.0. The second kappa shape index (κ2) is 7.02. The molecule has 150 valence electrons. The molecule has 2 N–H and O–H groups in total. The first kappa shape index (κ1) is 17.9. The standard InChI is InChI=1S/C21H23N5O3/c27-16(28)12-26-20-17(23-18(24-20)14-8-4-5-9-14)19-22-15(11-25(19)21(26)29)10-13-6-2-1-3-7-13/h1-3,6-7,14-15,22H,4-5,8-12H2,(H,27,28)/t15-/m1/s1. The predicted molar refractivity (Wildman–Crippen MR) is 107 cm³/mol. The Labute approximate surface area is 167 Å². The van der Waals surface area contributed by atoms with E-state index in [9.17, 15) is 14.7 Å². The van der Waals surface area contributed by atoms with Gasteiger partial charge in [0, 0.05) is 18.5 Å². The minimum Gasteiger partial charge on any atom is -0.480 e. The van der Waals surface area contributed by atoms with E-state index in [-0.39, 0.29) is 17.6 Å². The predicted octanol–water partition coefficient (Wildman–Crippen LogP) is 2.32. The Bertz CT molecular complexity index is 1080. The number of carbonyl (C=O) groups is 1. The number of nitrogens with one attached hydrogen (secondary N) is 1. The third-order valence-corrected chi connectivity index (χ3v) is 5.95. The molecule has 1 aromatic rings. The van der Waals surface area contributed by atoms with Crippen molar-refractivity contribution in [2.75, 3.05) is 5.32 Å². The Kier molecular flexibility index (Phi) is 4.34. The maximum absolute atomic E-state index is 13.1. The molecule has 0 amide bonds. The molecule has 3 heterocycles. The van der Waals surface area contributed by atoms with Gasteiger partial charge < -0.3 is 10.4 Å². The van der Waals surface area contributed by atoms with Crippen molar-refractivity contribution in [1.29, 1.82) is 0 Å². The van der Waals surface area contributed by atoms with Crippen molar-refractivity contribution in [3.05, 3.63) is 52.2 Å². The lowest BCUT2D eigenvalue weighted by atomic mass is 10.1. The van der Waals surface area contributed by atoms with Crippen LogP contribution in [0.25, 0.3) is 11.5 Å². The second-order valence-corrected chi connectivity index (χ2v) is 7.99. The molecular weight excluding hydrogens is 370 g/mol. The number of fused-ring (bicyclic) bond motifs is 3. The van der Waals surface area contributed by atoms with Crippen molar-refractivity contribution in [3.63, 3.8) is 0 Å². The van der Waals surface area contributed by atoms with Crippen molar-refractivity contribution in [2.24, 2.45) is 0 Å². The minimum absolute atomic E-state index is 0.0422. The Hall–Kier alpha value is -3.16. The molecule has 1 aromatic carbocycles. The number of nitrogens with zero attached hydrogens (tertiary/aromatic N) is 4. The number of aromatic nitrogens is 4. The number of carboxylic acid groups (broad SMARTS) is 1. The average Bonchev–Trinajstić information content (AvgIpc) is 3.44. The number of hydrogen-bond donors (Lipinski definition) is 2. The maximum atomic E-state index is 13.1. The molecule has 0 bridgehead atoms. The molecule has 0 radical (unpaired) electrons. The van der Waals surface area contributed by atoms with E-state index in [1.165, 1.54) is 10.1 Å². The van der Waals surface area contributed by atoms with E-state index in [4.69, 9.17) is 4.98 Å². The fourth-order valence-electron chi connectivity index (χ4n) is 4.59. The minimum atomic E-state index is -1.06. The maximum Gasteiger partial charge on any atom is 0.332 e. The quantitative estimate of drug-likeness (QED) is 0.690. The molecule has 1 saturated carbocycles. The first-order chi connectivity index (χ1) is 14.1. The highest BCUT2D eigenvalue weighted by Crippen LogP contribution is 2.37. The Morgan fingerprint density at radius 1 is 1.17 bits per heavy atom.